The van der Waals surface area contributed by atoms with Crippen molar-refractivity contribution in [2.24, 2.45) is 0 Å². The molecule has 1 aliphatic heterocycles. The van der Waals surface area contributed by atoms with E-state index in [0.717, 1.165) is 67.0 Å². The maximum atomic E-state index is 9.14. The van der Waals surface area contributed by atoms with Crippen LogP contribution in [0.1, 0.15) is 37.3 Å². The number of piperazine rings is 1. The van der Waals surface area contributed by atoms with Gasteiger partial charge in [0.05, 0.1) is 23.1 Å². The lowest BCUT2D eigenvalue weighted by molar-refractivity contribution is 0.0815. The lowest BCUT2D eigenvalue weighted by Gasteiger charge is -2.41. The van der Waals surface area contributed by atoms with E-state index in [9.17, 15) is 0 Å². The molecule has 3 N–H and O–H groups in total. The van der Waals surface area contributed by atoms with E-state index >= 15 is 0 Å². The van der Waals surface area contributed by atoms with Crippen molar-refractivity contribution in [2.45, 2.75) is 37.8 Å². The molecule has 41 heavy (non-hydrogen) atoms. The van der Waals surface area contributed by atoms with Crippen molar-refractivity contribution in [3.63, 3.8) is 0 Å². The summed E-state index contributed by atoms with van der Waals surface area (Å²) < 4.78 is 7.88. The molecule has 208 valence electrons. The number of benzene rings is 2. The Labute approximate surface area is 237 Å². The van der Waals surface area contributed by atoms with Gasteiger partial charge in [-0.05, 0) is 63.1 Å². The Hall–Kier alpha value is -4.53. The van der Waals surface area contributed by atoms with Gasteiger partial charge in [-0.3, -0.25) is 4.90 Å². The van der Waals surface area contributed by atoms with Crippen LogP contribution in [0, 0.1) is 11.3 Å². The summed E-state index contributed by atoms with van der Waals surface area (Å²) in [5, 5.41) is 18.2. The second-order valence-corrected chi connectivity index (χ2v) is 11.1. The Morgan fingerprint density at radius 1 is 0.976 bits per heavy atom. The highest BCUT2D eigenvalue weighted by Gasteiger charge is 2.30. The number of oxazole rings is 1. The van der Waals surface area contributed by atoms with E-state index in [1.807, 2.05) is 24.3 Å². The van der Waals surface area contributed by atoms with E-state index in [2.05, 4.69) is 47.9 Å². The summed E-state index contributed by atoms with van der Waals surface area (Å²) in [5.74, 6) is 0.438. The van der Waals surface area contributed by atoms with Gasteiger partial charge in [-0.1, -0.05) is 12.1 Å². The number of nitrogens with zero attached hydrogens (tertiary/aromatic N) is 8. The van der Waals surface area contributed by atoms with E-state index in [0.29, 0.717) is 34.5 Å². The van der Waals surface area contributed by atoms with Crippen molar-refractivity contribution in [3.8, 4) is 17.3 Å². The number of aromatic nitrogens is 5. The standard InChI is InChI=1S/C30H32N10O/c1-38-12-14-39(15-13-38)22-7-9-23(10-8-22)40-29-26(28(32)33-18-34-29)27(37-40)20-3-5-21(6-4-20)35-30-36-24-16-19(17-31)2-11-25(24)41-30/h2-6,11,16,18,22-23H,7-10,12-15H2,1H3,(H,35,36)(H2,32,33,34). The first kappa shape index (κ1) is 25.4. The third-order valence-corrected chi connectivity index (χ3v) is 8.51. The molecule has 2 aromatic carbocycles. The van der Waals surface area contributed by atoms with Gasteiger partial charge in [0.25, 0.3) is 6.01 Å². The third-order valence-electron chi connectivity index (χ3n) is 8.51. The molecule has 1 saturated heterocycles. The molecule has 0 bridgehead atoms. The van der Waals surface area contributed by atoms with E-state index < -0.39 is 0 Å². The van der Waals surface area contributed by atoms with Crippen LogP contribution in [-0.2, 0) is 0 Å². The predicted octanol–water partition coefficient (Wildman–Crippen LogP) is 4.56. The quantitative estimate of drug-likeness (QED) is 0.321. The number of rotatable bonds is 5. The van der Waals surface area contributed by atoms with Gasteiger partial charge in [-0.2, -0.15) is 15.3 Å². The number of hydrogen-bond donors (Lipinski definition) is 2. The van der Waals surface area contributed by atoms with Gasteiger partial charge in [0, 0.05) is 43.5 Å². The Morgan fingerprint density at radius 3 is 2.49 bits per heavy atom. The minimum absolute atomic E-state index is 0.283. The lowest BCUT2D eigenvalue weighted by Crippen LogP contribution is -2.49. The molecule has 0 radical (unpaired) electrons. The predicted molar refractivity (Wildman–Crippen MR) is 158 cm³/mol. The van der Waals surface area contributed by atoms with Crippen LogP contribution in [0.3, 0.4) is 0 Å². The number of nitrogens with one attached hydrogen (secondary N) is 1. The molecule has 0 amide bonds. The smallest absolute Gasteiger partial charge is 0.300 e. The summed E-state index contributed by atoms with van der Waals surface area (Å²) in [7, 11) is 2.21. The molecule has 7 rings (SSSR count). The highest BCUT2D eigenvalue weighted by Crippen LogP contribution is 2.37. The Kier molecular flexibility index (Phi) is 6.49. The molecular formula is C30H32N10O. The van der Waals surface area contributed by atoms with Gasteiger partial charge in [0.1, 0.15) is 23.4 Å². The minimum atomic E-state index is 0.283. The van der Waals surface area contributed by atoms with Crippen LogP contribution >= 0.6 is 0 Å². The fraction of sp³-hybridized carbons (Fsp3) is 0.367. The molecule has 11 nitrogen and oxygen atoms in total. The minimum Gasteiger partial charge on any atom is -0.423 e. The van der Waals surface area contributed by atoms with Gasteiger partial charge >= 0.3 is 0 Å². The molecule has 5 aromatic rings. The van der Waals surface area contributed by atoms with Crippen LogP contribution in [0.15, 0.2) is 53.2 Å². The summed E-state index contributed by atoms with van der Waals surface area (Å²) in [6, 6.07) is 16.5. The first-order valence-corrected chi connectivity index (χ1v) is 14.1. The molecule has 3 aromatic heterocycles. The van der Waals surface area contributed by atoms with Gasteiger partial charge in [0.15, 0.2) is 11.2 Å². The number of anilines is 3. The number of nitrogens with two attached hydrogens (primary N) is 1. The molecule has 4 heterocycles. The Morgan fingerprint density at radius 2 is 1.73 bits per heavy atom. The normalized spacial score (nSPS) is 20.4. The van der Waals surface area contributed by atoms with Crippen molar-refractivity contribution >= 4 is 39.7 Å². The monoisotopic (exact) mass is 548 g/mol. The molecule has 11 heteroatoms. The van der Waals surface area contributed by atoms with Crippen LogP contribution < -0.4 is 11.1 Å². The first-order chi connectivity index (χ1) is 20.1. The van der Waals surface area contributed by atoms with Crippen LogP contribution in [0.2, 0.25) is 0 Å². The van der Waals surface area contributed by atoms with Crippen LogP contribution in [0.5, 0.6) is 0 Å². The van der Waals surface area contributed by atoms with E-state index in [-0.39, 0.29) is 6.04 Å². The Bertz CT molecular complexity index is 1740. The summed E-state index contributed by atoms with van der Waals surface area (Å²) in [4.78, 5) is 18.5. The fourth-order valence-electron chi connectivity index (χ4n) is 6.19. The van der Waals surface area contributed by atoms with Gasteiger partial charge in [0.2, 0.25) is 0 Å². The number of likely N-dealkylation sites (N-methyl/N-ethyl adjacent to an activating group) is 1. The molecule has 0 unspecified atom stereocenters. The molecular weight excluding hydrogens is 516 g/mol. The number of nitriles is 1. The van der Waals surface area contributed by atoms with E-state index in [1.165, 1.54) is 19.2 Å². The third kappa shape index (κ3) is 4.85. The van der Waals surface area contributed by atoms with Gasteiger partial charge in [-0.25, -0.2) is 14.6 Å². The highest BCUT2D eigenvalue weighted by atomic mass is 16.4. The maximum Gasteiger partial charge on any atom is 0.300 e. The van der Waals surface area contributed by atoms with Crippen LogP contribution in [-0.4, -0.2) is 73.8 Å². The van der Waals surface area contributed by atoms with Crippen molar-refractivity contribution in [1.29, 1.82) is 5.26 Å². The van der Waals surface area contributed by atoms with E-state index in [4.69, 9.17) is 20.5 Å². The average molecular weight is 549 g/mol. The molecule has 0 spiro atoms. The summed E-state index contributed by atoms with van der Waals surface area (Å²) >= 11 is 0. The zero-order valence-electron chi connectivity index (χ0n) is 23.0. The fourth-order valence-corrected chi connectivity index (χ4v) is 6.19. The molecule has 1 aliphatic carbocycles. The average Bonchev–Trinajstić information content (AvgIpc) is 3.59. The van der Waals surface area contributed by atoms with Gasteiger partial charge < -0.3 is 20.4 Å². The van der Waals surface area contributed by atoms with Crippen LogP contribution in [0.4, 0.5) is 17.5 Å². The maximum absolute atomic E-state index is 9.14. The largest absolute Gasteiger partial charge is 0.423 e. The second-order valence-electron chi connectivity index (χ2n) is 11.1. The van der Waals surface area contributed by atoms with Gasteiger partial charge in [-0.15, -0.1) is 0 Å². The summed E-state index contributed by atoms with van der Waals surface area (Å²) in [6.07, 6.45) is 6.00. The number of fused-ring (bicyclic) bond motifs is 2. The first-order valence-electron chi connectivity index (χ1n) is 14.1. The summed E-state index contributed by atoms with van der Waals surface area (Å²) in [6.45, 7) is 4.61. The summed E-state index contributed by atoms with van der Waals surface area (Å²) in [5.41, 5.74) is 11.5. The van der Waals surface area contributed by atoms with Crippen molar-refractivity contribution in [3.05, 3.63) is 54.4 Å². The SMILES string of the molecule is CN1CCN(C2CCC(n3nc(-c4ccc(Nc5nc6cc(C#N)ccc6o5)cc4)c4c(N)ncnc43)CC2)CC1. The zero-order chi connectivity index (χ0) is 27.9. The topological polar surface area (TPSA) is 138 Å². The van der Waals surface area contributed by atoms with Crippen LogP contribution in [0.25, 0.3) is 33.4 Å². The zero-order valence-corrected chi connectivity index (χ0v) is 23.0. The second kappa shape index (κ2) is 10.5. The molecule has 1 saturated carbocycles. The van der Waals surface area contributed by atoms with Crippen molar-refractivity contribution < 1.29 is 4.42 Å². The molecule has 2 fully saturated rings. The molecule has 2 aliphatic rings. The number of hydrogen-bond acceptors (Lipinski definition) is 10. The number of nitrogen functional groups attached to an aromatic ring is 1. The van der Waals surface area contributed by atoms with Crippen molar-refractivity contribution in [2.75, 3.05) is 44.3 Å². The van der Waals surface area contributed by atoms with Crippen molar-refractivity contribution in [1.82, 2.24) is 34.5 Å². The van der Waals surface area contributed by atoms with E-state index in [1.54, 1.807) is 18.2 Å². The highest BCUT2D eigenvalue weighted by molar-refractivity contribution is 5.98. The molecule has 0 atom stereocenters. The Balaban J connectivity index is 1.11. The lowest BCUT2D eigenvalue weighted by atomic mass is 9.90.